The van der Waals surface area contributed by atoms with Crippen LogP contribution >= 0.6 is 11.3 Å². The van der Waals surface area contributed by atoms with Crippen LogP contribution in [0.15, 0.2) is 58.9 Å². The van der Waals surface area contributed by atoms with E-state index in [-0.39, 0.29) is 10.8 Å². The van der Waals surface area contributed by atoms with Crippen molar-refractivity contribution < 1.29 is 17.9 Å². The molecule has 0 spiro atoms. The number of nitrogens with zero attached hydrogens (tertiary/aromatic N) is 1. The van der Waals surface area contributed by atoms with Crippen molar-refractivity contribution in [3.05, 3.63) is 65.2 Å². The lowest BCUT2D eigenvalue weighted by atomic mass is 10.1. The maximum Gasteiger partial charge on any atom is 0.265 e. The fourth-order valence-electron chi connectivity index (χ4n) is 2.62. The third-order valence-corrected chi connectivity index (χ3v) is 6.33. The van der Waals surface area contributed by atoms with Gasteiger partial charge in [0.2, 0.25) is 0 Å². The highest BCUT2D eigenvalue weighted by atomic mass is 32.2. The lowest BCUT2D eigenvalue weighted by molar-refractivity contribution is -0.122. The number of amides is 1. The molecule has 2 aromatic carbocycles. The molecular weight excluding hydrogens is 410 g/mol. The van der Waals surface area contributed by atoms with E-state index in [0.717, 1.165) is 11.1 Å². The number of rotatable bonds is 7. The molecule has 1 aromatic heterocycles. The van der Waals surface area contributed by atoms with Crippen LogP contribution in [-0.2, 0) is 14.8 Å². The van der Waals surface area contributed by atoms with E-state index >= 15 is 0 Å². The molecule has 1 heterocycles. The first kappa shape index (κ1) is 20.8. The van der Waals surface area contributed by atoms with E-state index in [0.29, 0.717) is 16.6 Å². The number of aryl methyl sites for hydroxylation is 2. The number of thiazole rings is 1. The number of carbonyl (C=O) groups is 1. The molecule has 0 aliphatic rings. The minimum absolute atomic E-state index is 0.0746. The molecule has 0 saturated carbocycles. The third kappa shape index (κ3) is 5.12. The molecule has 1 atom stereocenters. The predicted octanol–water partition coefficient (Wildman–Crippen LogP) is 3.97. The highest BCUT2D eigenvalue weighted by Crippen LogP contribution is 2.24. The van der Waals surface area contributed by atoms with E-state index in [2.05, 4.69) is 15.0 Å². The van der Waals surface area contributed by atoms with Gasteiger partial charge in [0, 0.05) is 17.3 Å². The van der Waals surface area contributed by atoms with Gasteiger partial charge in [0.25, 0.3) is 15.9 Å². The van der Waals surface area contributed by atoms with Crippen LogP contribution in [0.3, 0.4) is 0 Å². The van der Waals surface area contributed by atoms with Crippen molar-refractivity contribution >= 4 is 38.1 Å². The average molecular weight is 432 g/mol. The highest BCUT2D eigenvalue weighted by Gasteiger charge is 2.18. The van der Waals surface area contributed by atoms with Crippen LogP contribution < -0.4 is 14.8 Å². The number of nitrogens with one attached hydrogen (secondary N) is 2. The molecule has 0 radical (unpaired) electrons. The number of ether oxygens (including phenoxy) is 1. The van der Waals surface area contributed by atoms with Crippen LogP contribution in [0.4, 0.5) is 10.8 Å². The summed E-state index contributed by atoms with van der Waals surface area (Å²) in [7, 11) is -3.73. The molecule has 9 heteroatoms. The predicted molar refractivity (Wildman–Crippen MR) is 114 cm³/mol. The van der Waals surface area contributed by atoms with Gasteiger partial charge >= 0.3 is 0 Å². The molecule has 3 rings (SSSR count). The molecule has 0 saturated heterocycles. The van der Waals surface area contributed by atoms with E-state index in [1.165, 1.54) is 41.8 Å². The summed E-state index contributed by atoms with van der Waals surface area (Å²) in [5.41, 5.74) is 2.37. The van der Waals surface area contributed by atoms with Gasteiger partial charge in [-0.05, 0) is 56.2 Å². The summed E-state index contributed by atoms with van der Waals surface area (Å²) < 4.78 is 32.9. The summed E-state index contributed by atoms with van der Waals surface area (Å²) in [5, 5.41) is 4.71. The van der Waals surface area contributed by atoms with Gasteiger partial charge in [-0.25, -0.2) is 13.4 Å². The maximum atomic E-state index is 12.5. The van der Waals surface area contributed by atoms with Crippen molar-refractivity contribution in [2.45, 2.75) is 31.8 Å². The van der Waals surface area contributed by atoms with Crippen LogP contribution in [0.5, 0.6) is 5.75 Å². The van der Waals surface area contributed by atoms with Crippen molar-refractivity contribution in [2.75, 3.05) is 10.0 Å². The second-order valence-electron chi connectivity index (χ2n) is 6.44. The Labute approximate surface area is 173 Å². The smallest absolute Gasteiger partial charge is 0.265 e. The SMILES string of the molecule is Cc1cccc(C)c1OC(C)C(=O)Nc1ccc(S(=O)(=O)Nc2nccs2)cc1. The van der Waals surface area contributed by atoms with E-state index in [1.807, 2.05) is 32.0 Å². The minimum Gasteiger partial charge on any atom is -0.480 e. The van der Waals surface area contributed by atoms with Crippen molar-refractivity contribution in [2.24, 2.45) is 0 Å². The van der Waals surface area contributed by atoms with Crippen molar-refractivity contribution in [1.29, 1.82) is 0 Å². The number of carbonyl (C=O) groups excluding carboxylic acids is 1. The van der Waals surface area contributed by atoms with Crippen LogP contribution in [0.2, 0.25) is 0 Å². The van der Waals surface area contributed by atoms with Crippen molar-refractivity contribution in [3.63, 3.8) is 0 Å². The van der Waals surface area contributed by atoms with Gasteiger partial charge in [-0.2, -0.15) is 0 Å². The molecule has 0 fully saturated rings. The Morgan fingerprint density at radius 3 is 2.34 bits per heavy atom. The first-order valence-electron chi connectivity index (χ1n) is 8.82. The van der Waals surface area contributed by atoms with E-state index in [1.54, 1.807) is 12.3 Å². The number of hydrogen-bond donors (Lipinski definition) is 2. The van der Waals surface area contributed by atoms with Gasteiger partial charge in [-0.3, -0.25) is 9.52 Å². The molecule has 1 unspecified atom stereocenters. The second kappa shape index (κ2) is 8.62. The number of sulfonamides is 1. The van der Waals surface area contributed by atoms with Crippen LogP contribution in [-0.4, -0.2) is 25.4 Å². The number of aromatic nitrogens is 1. The zero-order chi connectivity index (χ0) is 21.0. The Morgan fingerprint density at radius 1 is 1.10 bits per heavy atom. The first-order chi connectivity index (χ1) is 13.8. The third-order valence-electron chi connectivity index (χ3n) is 4.16. The molecule has 0 aliphatic carbocycles. The molecule has 3 aromatic rings. The molecule has 1 amide bonds. The van der Waals surface area contributed by atoms with Gasteiger partial charge in [-0.1, -0.05) is 18.2 Å². The molecule has 7 nitrogen and oxygen atoms in total. The summed E-state index contributed by atoms with van der Waals surface area (Å²) in [5.74, 6) is 0.356. The summed E-state index contributed by atoms with van der Waals surface area (Å²) in [6.07, 6.45) is 0.799. The van der Waals surface area contributed by atoms with E-state index in [9.17, 15) is 13.2 Å². The fraction of sp³-hybridized carbons (Fsp3) is 0.200. The van der Waals surface area contributed by atoms with Crippen LogP contribution in [0, 0.1) is 13.8 Å². The molecule has 0 bridgehead atoms. The first-order valence-corrected chi connectivity index (χ1v) is 11.2. The van der Waals surface area contributed by atoms with Crippen LogP contribution in [0.25, 0.3) is 0 Å². The fourth-order valence-corrected chi connectivity index (χ4v) is 4.41. The Kier molecular flexibility index (Phi) is 6.19. The summed E-state index contributed by atoms with van der Waals surface area (Å²) in [4.78, 5) is 16.4. The standard InChI is InChI=1S/C20H21N3O4S2/c1-13-5-4-6-14(2)18(13)27-15(3)19(24)22-16-7-9-17(10-8-16)29(25,26)23-20-21-11-12-28-20/h4-12,15H,1-3H3,(H,21,23)(H,22,24). The quantitative estimate of drug-likeness (QED) is 0.590. The Balaban J connectivity index is 1.65. The van der Waals surface area contributed by atoms with E-state index < -0.39 is 16.1 Å². The second-order valence-corrected chi connectivity index (χ2v) is 9.01. The average Bonchev–Trinajstić information content (AvgIpc) is 3.17. The van der Waals surface area contributed by atoms with Gasteiger partial charge in [0.15, 0.2) is 11.2 Å². The number of benzene rings is 2. The van der Waals surface area contributed by atoms with Gasteiger partial charge in [0.05, 0.1) is 4.90 Å². The Hall–Kier alpha value is -2.91. The van der Waals surface area contributed by atoms with Gasteiger partial charge in [0.1, 0.15) is 5.75 Å². The van der Waals surface area contributed by atoms with Crippen molar-refractivity contribution in [3.8, 4) is 5.75 Å². The minimum atomic E-state index is -3.73. The van der Waals surface area contributed by atoms with Crippen molar-refractivity contribution in [1.82, 2.24) is 4.98 Å². The molecular formula is C20H21N3O4S2. The normalized spacial score (nSPS) is 12.2. The monoisotopic (exact) mass is 431 g/mol. The summed E-state index contributed by atoms with van der Waals surface area (Å²) in [6, 6.07) is 11.7. The number of para-hydroxylation sites is 1. The zero-order valence-corrected chi connectivity index (χ0v) is 17.8. The zero-order valence-electron chi connectivity index (χ0n) is 16.2. The summed E-state index contributed by atoms with van der Waals surface area (Å²) >= 11 is 1.19. The number of hydrogen-bond acceptors (Lipinski definition) is 6. The topological polar surface area (TPSA) is 97.4 Å². The Morgan fingerprint density at radius 2 is 1.76 bits per heavy atom. The number of anilines is 2. The molecule has 2 N–H and O–H groups in total. The lowest BCUT2D eigenvalue weighted by Gasteiger charge is -2.18. The van der Waals surface area contributed by atoms with Crippen LogP contribution in [0.1, 0.15) is 18.1 Å². The molecule has 152 valence electrons. The Bertz CT molecular complexity index is 1080. The maximum absolute atomic E-state index is 12.5. The van der Waals surface area contributed by atoms with E-state index in [4.69, 9.17) is 4.74 Å². The molecule has 0 aliphatic heterocycles. The molecule has 29 heavy (non-hydrogen) atoms. The summed E-state index contributed by atoms with van der Waals surface area (Å²) in [6.45, 7) is 5.51. The lowest BCUT2D eigenvalue weighted by Crippen LogP contribution is -2.30. The van der Waals surface area contributed by atoms with Gasteiger partial charge < -0.3 is 10.1 Å². The highest BCUT2D eigenvalue weighted by molar-refractivity contribution is 7.93. The largest absolute Gasteiger partial charge is 0.480 e. The van der Waals surface area contributed by atoms with Gasteiger partial charge in [-0.15, -0.1) is 11.3 Å².